The highest BCUT2D eigenvalue weighted by Gasteiger charge is 2.26. The maximum atomic E-state index is 13.5. The van der Waals surface area contributed by atoms with Crippen molar-refractivity contribution in [3.63, 3.8) is 0 Å². The summed E-state index contributed by atoms with van der Waals surface area (Å²) >= 11 is 6.09. The van der Waals surface area contributed by atoms with Crippen LogP contribution in [0.15, 0.2) is 71.6 Å². The van der Waals surface area contributed by atoms with Gasteiger partial charge in [0.1, 0.15) is 0 Å². The van der Waals surface area contributed by atoms with Gasteiger partial charge in [0.2, 0.25) is 0 Å². The van der Waals surface area contributed by atoms with E-state index in [1.165, 1.54) is 6.26 Å². The molecule has 42 heavy (non-hydrogen) atoms. The number of aromatic nitrogens is 2. The number of aliphatic carboxylic acids is 1. The van der Waals surface area contributed by atoms with Gasteiger partial charge in [-0.3, -0.25) is 9.59 Å². The first-order chi connectivity index (χ1) is 20.1. The first-order valence-electron chi connectivity index (χ1n) is 13.7. The van der Waals surface area contributed by atoms with Gasteiger partial charge >= 0.3 is 5.97 Å². The van der Waals surface area contributed by atoms with Gasteiger partial charge in [-0.2, -0.15) is 0 Å². The Bertz CT molecular complexity index is 1740. The number of aryl methyl sites for hydroxylation is 1. The second kappa shape index (κ2) is 12.5. The van der Waals surface area contributed by atoms with E-state index in [4.69, 9.17) is 26.7 Å². The van der Waals surface area contributed by atoms with E-state index in [0.29, 0.717) is 78.4 Å². The third kappa shape index (κ3) is 6.71. The number of carboxylic acid groups (broad SMARTS) is 1. The Labute approximate surface area is 249 Å². The Balaban J connectivity index is 1.37. The topological polar surface area (TPSA) is 121 Å². The molecule has 1 fully saturated rings. The fourth-order valence-electron chi connectivity index (χ4n) is 5.17. The zero-order valence-corrected chi connectivity index (χ0v) is 24.7. The van der Waals surface area contributed by atoms with Crippen molar-refractivity contribution >= 4 is 50.0 Å². The van der Waals surface area contributed by atoms with Gasteiger partial charge in [0.25, 0.3) is 5.91 Å². The first-order valence-corrected chi connectivity index (χ1v) is 16.0. The molecule has 0 aliphatic carbocycles. The molecule has 5 rings (SSSR count). The molecular formula is C31H31ClN4O5S. The summed E-state index contributed by atoms with van der Waals surface area (Å²) in [7, 11) is -3.38. The summed E-state index contributed by atoms with van der Waals surface area (Å²) in [5.41, 5.74) is 4.69. The molecule has 1 N–H and O–H groups in total. The summed E-state index contributed by atoms with van der Waals surface area (Å²) < 4.78 is 24.5. The molecule has 0 atom stereocenters. The fraction of sp³-hybridized carbons (Fsp3) is 0.290. The van der Waals surface area contributed by atoms with E-state index in [2.05, 4.69) is 0 Å². The number of rotatable bonds is 9. The molecule has 1 aliphatic heterocycles. The van der Waals surface area contributed by atoms with Crippen molar-refractivity contribution in [2.75, 3.05) is 37.3 Å². The van der Waals surface area contributed by atoms with Gasteiger partial charge in [-0.25, -0.2) is 18.4 Å². The van der Waals surface area contributed by atoms with Gasteiger partial charge in [0.15, 0.2) is 9.84 Å². The Morgan fingerprint density at radius 3 is 2.31 bits per heavy atom. The van der Waals surface area contributed by atoms with Crippen molar-refractivity contribution in [2.24, 2.45) is 0 Å². The molecule has 0 radical (unpaired) electrons. The number of amides is 1. The molecule has 3 aromatic carbocycles. The monoisotopic (exact) mass is 606 g/mol. The third-order valence-corrected chi connectivity index (χ3v) is 8.72. The molecule has 1 saturated heterocycles. The number of anilines is 1. The number of sulfone groups is 1. The number of carbonyl (C=O) groups excluding carboxylic acids is 1. The predicted octanol–water partition coefficient (Wildman–Crippen LogP) is 5.11. The standard InChI is InChI=1S/C31H31ClN4O5S/c1-42(40,41)28-8-4-3-7-27(28)35-16-18-36(19-17-35)31(39)22-12-15-24-26(20-22)33-25(6-2-5-9-29(37)38)30(34-24)21-10-13-23(32)14-11-21/h3-4,7-8,10-15,20H,2,5-6,9,16-19H2,1H3,(H,37,38). The summed E-state index contributed by atoms with van der Waals surface area (Å²) in [6.07, 6.45) is 2.99. The molecule has 2 heterocycles. The van der Waals surface area contributed by atoms with Crippen LogP contribution in [-0.4, -0.2) is 72.7 Å². The second-order valence-electron chi connectivity index (χ2n) is 10.3. The number of hydrogen-bond donors (Lipinski definition) is 1. The van der Waals surface area contributed by atoms with Crippen LogP contribution in [0.4, 0.5) is 5.69 Å². The predicted molar refractivity (Wildman–Crippen MR) is 163 cm³/mol. The van der Waals surface area contributed by atoms with E-state index in [-0.39, 0.29) is 17.2 Å². The summed E-state index contributed by atoms with van der Waals surface area (Å²) in [6, 6.07) is 19.6. The van der Waals surface area contributed by atoms with Gasteiger partial charge in [0.05, 0.1) is 33.0 Å². The average molecular weight is 607 g/mol. The number of carboxylic acids is 1. The van der Waals surface area contributed by atoms with Crippen molar-refractivity contribution in [3.05, 3.63) is 83.0 Å². The number of para-hydroxylation sites is 1. The SMILES string of the molecule is CS(=O)(=O)c1ccccc1N1CCN(C(=O)c2ccc3nc(-c4ccc(Cl)cc4)c(CCCCC(=O)O)nc3c2)CC1. The van der Waals surface area contributed by atoms with Crippen LogP contribution in [-0.2, 0) is 21.1 Å². The van der Waals surface area contributed by atoms with Crippen LogP contribution in [0, 0.1) is 0 Å². The second-order valence-corrected chi connectivity index (χ2v) is 12.8. The molecule has 0 spiro atoms. The van der Waals surface area contributed by atoms with Crippen LogP contribution < -0.4 is 4.90 Å². The van der Waals surface area contributed by atoms with Crippen LogP contribution in [0.2, 0.25) is 5.02 Å². The quantitative estimate of drug-likeness (QED) is 0.261. The van der Waals surface area contributed by atoms with E-state index < -0.39 is 15.8 Å². The van der Waals surface area contributed by atoms with Gasteiger partial charge in [-0.15, -0.1) is 0 Å². The zero-order chi connectivity index (χ0) is 29.9. The van der Waals surface area contributed by atoms with Crippen LogP contribution in [0.3, 0.4) is 0 Å². The minimum atomic E-state index is -3.38. The maximum absolute atomic E-state index is 13.5. The molecule has 1 amide bonds. The Kier molecular flexibility index (Phi) is 8.74. The lowest BCUT2D eigenvalue weighted by Gasteiger charge is -2.36. The van der Waals surface area contributed by atoms with Crippen LogP contribution in [0.25, 0.3) is 22.3 Å². The number of fused-ring (bicyclic) bond motifs is 1. The van der Waals surface area contributed by atoms with Crippen molar-refractivity contribution in [1.29, 1.82) is 0 Å². The van der Waals surface area contributed by atoms with E-state index in [1.54, 1.807) is 53.4 Å². The number of benzene rings is 3. The molecule has 218 valence electrons. The van der Waals surface area contributed by atoms with Gasteiger partial charge in [-0.1, -0.05) is 35.9 Å². The molecule has 0 saturated carbocycles. The highest BCUT2D eigenvalue weighted by molar-refractivity contribution is 7.90. The minimum Gasteiger partial charge on any atom is -0.481 e. The van der Waals surface area contributed by atoms with Crippen molar-refractivity contribution in [2.45, 2.75) is 30.6 Å². The summed E-state index contributed by atoms with van der Waals surface area (Å²) in [5, 5.41) is 9.62. The van der Waals surface area contributed by atoms with E-state index in [0.717, 1.165) is 11.3 Å². The maximum Gasteiger partial charge on any atom is 0.303 e. The normalized spacial score (nSPS) is 13.9. The molecule has 4 aromatic rings. The average Bonchev–Trinajstić information content (AvgIpc) is 2.98. The summed E-state index contributed by atoms with van der Waals surface area (Å²) in [4.78, 5) is 38.3. The molecule has 1 aliphatic rings. The van der Waals surface area contributed by atoms with Crippen LogP contribution in [0.5, 0.6) is 0 Å². The lowest BCUT2D eigenvalue weighted by Crippen LogP contribution is -2.49. The molecule has 9 nitrogen and oxygen atoms in total. The Morgan fingerprint density at radius 1 is 0.905 bits per heavy atom. The minimum absolute atomic E-state index is 0.0864. The van der Waals surface area contributed by atoms with Crippen molar-refractivity contribution in [1.82, 2.24) is 14.9 Å². The van der Waals surface area contributed by atoms with Crippen LogP contribution >= 0.6 is 11.6 Å². The Hall–Kier alpha value is -4.02. The number of unbranched alkanes of at least 4 members (excludes halogenated alkanes) is 1. The molecule has 0 unspecified atom stereocenters. The highest BCUT2D eigenvalue weighted by atomic mass is 35.5. The van der Waals surface area contributed by atoms with E-state index >= 15 is 0 Å². The number of halogens is 1. The summed E-state index contributed by atoms with van der Waals surface area (Å²) in [5.74, 6) is -0.958. The smallest absolute Gasteiger partial charge is 0.303 e. The van der Waals surface area contributed by atoms with Gasteiger partial charge in [-0.05, 0) is 61.7 Å². The van der Waals surface area contributed by atoms with Crippen molar-refractivity contribution in [3.8, 4) is 11.3 Å². The summed E-state index contributed by atoms with van der Waals surface area (Å²) in [6.45, 7) is 1.92. The molecule has 1 aromatic heterocycles. The molecule has 0 bridgehead atoms. The number of carbonyl (C=O) groups is 2. The van der Waals surface area contributed by atoms with Crippen LogP contribution in [0.1, 0.15) is 35.3 Å². The highest BCUT2D eigenvalue weighted by Crippen LogP contribution is 2.28. The van der Waals surface area contributed by atoms with E-state index in [1.807, 2.05) is 23.1 Å². The molecular weight excluding hydrogens is 576 g/mol. The van der Waals surface area contributed by atoms with Gasteiger partial charge < -0.3 is 14.9 Å². The lowest BCUT2D eigenvalue weighted by molar-refractivity contribution is -0.137. The number of nitrogens with zero attached hydrogens (tertiary/aromatic N) is 4. The fourth-order valence-corrected chi connectivity index (χ4v) is 6.20. The zero-order valence-electron chi connectivity index (χ0n) is 23.2. The number of hydrogen-bond acceptors (Lipinski definition) is 7. The lowest BCUT2D eigenvalue weighted by atomic mass is 10.0. The van der Waals surface area contributed by atoms with E-state index in [9.17, 15) is 18.0 Å². The van der Waals surface area contributed by atoms with Crippen molar-refractivity contribution < 1.29 is 23.1 Å². The largest absolute Gasteiger partial charge is 0.481 e. The van der Waals surface area contributed by atoms with Gasteiger partial charge in [0, 0.05) is 55.0 Å². The Morgan fingerprint density at radius 2 is 1.62 bits per heavy atom. The first kappa shape index (κ1) is 29.5. The number of piperazine rings is 1. The third-order valence-electron chi connectivity index (χ3n) is 7.33. The molecule has 11 heteroatoms.